The number of halogens is 3. The SMILES string of the molecule is O=S(=O)(NC1CCCNC1)c1ccc(Br)c(Cl)c1Cl. The molecule has 0 bridgehead atoms. The monoisotopic (exact) mass is 386 g/mol. The van der Waals surface area contributed by atoms with E-state index in [4.69, 9.17) is 23.2 Å². The molecule has 19 heavy (non-hydrogen) atoms. The van der Waals surface area contributed by atoms with E-state index >= 15 is 0 Å². The van der Waals surface area contributed by atoms with Gasteiger partial charge in [0.2, 0.25) is 10.0 Å². The molecule has 106 valence electrons. The van der Waals surface area contributed by atoms with Crippen molar-refractivity contribution < 1.29 is 8.42 Å². The van der Waals surface area contributed by atoms with E-state index in [-0.39, 0.29) is 21.0 Å². The summed E-state index contributed by atoms with van der Waals surface area (Å²) in [6, 6.07) is 2.90. The summed E-state index contributed by atoms with van der Waals surface area (Å²) in [6.07, 6.45) is 1.76. The molecule has 1 fully saturated rings. The van der Waals surface area contributed by atoms with E-state index in [0.717, 1.165) is 19.4 Å². The zero-order valence-electron chi connectivity index (χ0n) is 9.92. The minimum Gasteiger partial charge on any atom is -0.315 e. The van der Waals surface area contributed by atoms with E-state index in [9.17, 15) is 8.42 Å². The number of nitrogens with one attached hydrogen (secondary N) is 2. The molecule has 1 saturated heterocycles. The van der Waals surface area contributed by atoms with Gasteiger partial charge in [0, 0.05) is 17.1 Å². The van der Waals surface area contributed by atoms with Crippen molar-refractivity contribution in [2.45, 2.75) is 23.8 Å². The Balaban J connectivity index is 2.26. The highest BCUT2D eigenvalue weighted by molar-refractivity contribution is 9.10. The van der Waals surface area contributed by atoms with Crippen LogP contribution in [0, 0.1) is 0 Å². The molecule has 2 N–H and O–H groups in total. The minimum atomic E-state index is -3.66. The molecule has 0 saturated carbocycles. The Kier molecular flexibility index (Phi) is 5.14. The second kappa shape index (κ2) is 6.28. The van der Waals surface area contributed by atoms with Crippen LogP contribution in [0.4, 0.5) is 0 Å². The topological polar surface area (TPSA) is 58.2 Å². The number of hydrogen-bond acceptors (Lipinski definition) is 3. The lowest BCUT2D eigenvalue weighted by Crippen LogP contribution is -2.45. The van der Waals surface area contributed by atoms with Crippen LogP contribution in [0.5, 0.6) is 0 Å². The van der Waals surface area contributed by atoms with Gasteiger partial charge in [-0.3, -0.25) is 0 Å². The standard InChI is InChI=1S/C11H13BrCl2N2O2S/c12-8-3-4-9(11(14)10(8)13)19(17,18)16-7-2-1-5-15-6-7/h3-4,7,15-16H,1-2,5-6H2. The molecule has 1 aromatic carbocycles. The maximum absolute atomic E-state index is 12.3. The van der Waals surface area contributed by atoms with Crippen LogP contribution < -0.4 is 10.0 Å². The first kappa shape index (κ1) is 15.5. The predicted molar refractivity (Wildman–Crippen MR) is 80.4 cm³/mol. The highest BCUT2D eigenvalue weighted by Gasteiger charge is 2.25. The summed E-state index contributed by atoms with van der Waals surface area (Å²) in [5, 5.41) is 3.39. The van der Waals surface area contributed by atoms with E-state index in [1.165, 1.54) is 6.07 Å². The summed E-state index contributed by atoms with van der Waals surface area (Å²) < 4.78 is 27.8. The molecule has 2 rings (SSSR count). The molecule has 1 aliphatic heterocycles. The molecule has 1 aliphatic rings. The lowest BCUT2D eigenvalue weighted by atomic mass is 10.1. The Morgan fingerprint density at radius 3 is 2.68 bits per heavy atom. The molecule has 1 heterocycles. The number of sulfonamides is 1. The molecular weight excluding hydrogens is 375 g/mol. The van der Waals surface area contributed by atoms with Crippen molar-refractivity contribution in [1.82, 2.24) is 10.0 Å². The van der Waals surface area contributed by atoms with Gasteiger partial charge in [-0.05, 0) is 47.4 Å². The Morgan fingerprint density at radius 1 is 1.32 bits per heavy atom. The third-order valence-electron chi connectivity index (χ3n) is 2.91. The van der Waals surface area contributed by atoms with Gasteiger partial charge in [0.05, 0.1) is 10.0 Å². The summed E-state index contributed by atoms with van der Waals surface area (Å²) in [5.74, 6) is 0. The first-order chi connectivity index (χ1) is 8.92. The van der Waals surface area contributed by atoms with Crippen LogP contribution in [-0.2, 0) is 10.0 Å². The largest absolute Gasteiger partial charge is 0.315 e. The van der Waals surface area contributed by atoms with Crippen LogP contribution in [-0.4, -0.2) is 27.5 Å². The molecule has 1 aromatic rings. The van der Waals surface area contributed by atoms with Crippen molar-refractivity contribution in [3.63, 3.8) is 0 Å². The Bertz CT molecular complexity index is 574. The van der Waals surface area contributed by atoms with Gasteiger partial charge in [-0.25, -0.2) is 13.1 Å². The lowest BCUT2D eigenvalue weighted by Gasteiger charge is -2.24. The first-order valence-electron chi connectivity index (χ1n) is 5.78. The predicted octanol–water partition coefficient (Wildman–Crippen LogP) is 2.79. The van der Waals surface area contributed by atoms with Crippen molar-refractivity contribution in [3.05, 3.63) is 26.7 Å². The number of benzene rings is 1. The normalized spacial score (nSPS) is 20.5. The maximum atomic E-state index is 12.3. The minimum absolute atomic E-state index is 0.00735. The van der Waals surface area contributed by atoms with Gasteiger partial charge < -0.3 is 5.32 Å². The average molecular weight is 388 g/mol. The van der Waals surface area contributed by atoms with Crippen molar-refractivity contribution in [2.24, 2.45) is 0 Å². The average Bonchev–Trinajstić information content (AvgIpc) is 2.36. The summed E-state index contributed by atoms with van der Waals surface area (Å²) >= 11 is 15.2. The summed E-state index contributed by atoms with van der Waals surface area (Å²) in [7, 11) is -3.66. The molecule has 4 nitrogen and oxygen atoms in total. The second-order valence-corrected chi connectivity index (χ2v) is 7.63. The van der Waals surface area contributed by atoms with E-state index in [1.807, 2.05) is 0 Å². The fraction of sp³-hybridized carbons (Fsp3) is 0.455. The highest BCUT2D eigenvalue weighted by atomic mass is 79.9. The van der Waals surface area contributed by atoms with Crippen LogP contribution in [0.25, 0.3) is 0 Å². The molecule has 0 aromatic heterocycles. The van der Waals surface area contributed by atoms with Gasteiger partial charge in [0.1, 0.15) is 4.90 Å². The van der Waals surface area contributed by atoms with Crippen molar-refractivity contribution in [2.75, 3.05) is 13.1 Å². The first-order valence-corrected chi connectivity index (χ1v) is 8.81. The fourth-order valence-corrected chi connectivity index (χ4v) is 4.44. The third kappa shape index (κ3) is 3.62. The van der Waals surface area contributed by atoms with Gasteiger partial charge in [0.25, 0.3) is 0 Å². The molecule has 0 amide bonds. The van der Waals surface area contributed by atoms with E-state index < -0.39 is 10.0 Å². The quantitative estimate of drug-likeness (QED) is 0.784. The highest BCUT2D eigenvalue weighted by Crippen LogP contribution is 2.35. The van der Waals surface area contributed by atoms with Gasteiger partial charge in [-0.2, -0.15) is 0 Å². The number of rotatable bonds is 3. The van der Waals surface area contributed by atoms with Gasteiger partial charge in [-0.1, -0.05) is 23.2 Å². The zero-order valence-corrected chi connectivity index (χ0v) is 13.8. The van der Waals surface area contributed by atoms with Crippen molar-refractivity contribution in [3.8, 4) is 0 Å². The van der Waals surface area contributed by atoms with Crippen LogP contribution in [0.3, 0.4) is 0 Å². The Morgan fingerprint density at radius 2 is 2.05 bits per heavy atom. The van der Waals surface area contributed by atoms with Gasteiger partial charge >= 0.3 is 0 Å². The van der Waals surface area contributed by atoms with Crippen LogP contribution in [0.2, 0.25) is 10.0 Å². The molecular formula is C11H13BrCl2N2O2S. The Labute approximate surface area is 131 Å². The molecule has 1 unspecified atom stereocenters. The maximum Gasteiger partial charge on any atom is 0.242 e. The van der Waals surface area contributed by atoms with Crippen LogP contribution >= 0.6 is 39.1 Å². The fourth-order valence-electron chi connectivity index (χ4n) is 1.95. The molecule has 8 heteroatoms. The number of hydrogen-bond donors (Lipinski definition) is 2. The van der Waals surface area contributed by atoms with Crippen molar-refractivity contribution in [1.29, 1.82) is 0 Å². The van der Waals surface area contributed by atoms with Crippen LogP contribution in [0.15, 0.2) is 21.5 Å². The lowest BCUT2D eigenvalue weighted by molar-refractivity contribution is 0.428. The van der Waals surface area contributed by atoms with E-state index in [0.29, 0.717) is 11.0 Å². The van der Waals surface area contributed by atoms with E-state index in [2.05, 4.69) is 26.0 Å². The summed E-state index contributed by atoms with van der Waals surface area (Å²) in [5.41, 5.74) is 0. The second-order valence-electron chi connectivity index (χ2n) is 4.34. The van der Waals surface area contributed by atoms with E-state index in [1.54, 1.807) is 6.07 Å². The zero-order chi connectivity index (χ0) is 14.0. The van der Waals surface area contributed by atoms with Gasteiger partial charge in [0.15, 0.2) is 0 Å². The smallest absolute Gasteiger partial charge is 0.242 e. The summed E-state index contributed by atoms with van der Waals surface area (Å²) in [6.45, 7) is 1.55. The Hall–Kier alpha value is 0.150. The third-order valence-corrected chi connectivity index (χ3v) is 6.35. The van der Waals surface area contributed by atoms with Crippen LogP contribution in [0.1, 0.15) is 12.8 Å². The summed E-state index contributed by atoms with van der Waals surface area (Å²) in [4.78, 5) is 0.00735. The molecule has 0 radical (unpaired) electrons. The molecule has 0 aliphatic carbocycles. The molecule has 0 spiro atoms. The van der Waals surface area contributed by atoms with Crippen molar-refractivity contribution >= 4 is 49.2 Å². The number of piperidine rings is 1. The van der Waals surface area contributed by atoms with Gasteiger partial charge in [-0.15, -0.1) is 0 Å². The molecule has 1 atom stereocenters.